The molecule has 7 heteroatoms. The maximum atomic E-state index is 11.8. The van der Waals surface area contributed by atoms with Crippen molar-refractivity contribution in [3.63, 3.8) is 0 Å². The molecule has 0 aliphatic rings. The molecule has 0 bridgehead atoms. The highest BCUT2D eigenvalue weighted by Crippen LogP contribution is 2.23. The van der Waals surface area contributed by atoms with Crippen LogP contribution in [0.4, 0.5) is 0 Å². The van der Waals surface area contributed by atoms with Crippen molar-refractivity contribution in [3.05, 3.63) is 47.2 Å². The lowest BCUT2D eigenvalue weighted by Crippen LogP contribution is -2.29. The van der Waals surface area contributed by atoms with E-state index in [0.717, 1.165) is 0 Å². The van der Waals surface area contributed by atoms with Crippen LogP contribution in [0.3, 0.4) is 0 Å². The number of nitrogens with zero attached hydrogens (tertiary/aromatic N) is 2. The number of carbonyl (C=O) groups excluding carboxylic acids is 1. The fourth-order valence-electron chi connectivity index (χ4n) is 1.58. The third-order valence-corrected chi connectivity index (χ3v) is 2.84. The van der Waals surface area contributed by atoms with E-state index in [2.05, 4.69) is 10.4 Å². The van der Waals surface area contributed by atoms with E-state index in [1.165, 1.54) is 10.9 Å². The second-order valence-corrected chi connectivity index (χ2v) is 4.31. The van der Waals surface area contributed by atoms with Crippen LogP contribution in [0, 0.1) is 0 Å². The first-order valence-corrected chi connectivity index (χ1v) is 6.38. The van der Waals surface area contributed by atoms with E-state index < -0.39 is 0 Å². The van der Waals surface area contributed by atoms with Crippen LogP contribution in [0.5, 0.6) is 5.75 Å². The van der Waals surface area contributed by atoms with Gasteiger partial charge in [0.1, 0.15) is 11.4 Å². The number of carbonyl (C=O) groups is 1. The van der Waals surface area contributed by atoms with E-state index in [1.54, 1.807) is 30.3 Å². The van der Waals surface area contributed by atoms with Crippen molar-refractivity contribution in [1.29, 1.82) is 0 Å². The fraction of sp³-hybridized carbons (Fsp3) is 0.231. The quantitative estimate of drug-likeness (QED) is 0.842. The van der Waals surface area contributed by atoms with Crippen LogP contribution < -0.4 is 10.1 Å². The van der Waals surface area contributed by atoms with Crippen molar-refractivity contribution >= 4 is 17.5 Å². The molecular weight excluding hydrogens is 282 g/mol. The van der Waals surface area contributed by atoms with Crippen molar-refractivity contribution in [1.82, 2.24) is 15.1 Å². The second-order valence-electron chi connectivity index (χ2n) is 3.90. The molecule has 20 heavy (non-hydrogen) atoms. The molecule has 0 spiro atoms. The minimum Gasteiger partial charge on any atom is -0.470 e. The van der Waals surface area contributed by atoms with Crippen LogP contribution in [-0.2, 0) is 6.73 Å². The Morgan fingerprint density at radius 3 is 2.95 bits per heavy atom. The molecule has 1 aromatic carbocycles. The molecule has 1 aromatic heterocycles. The van der Waals surface area contributed by atoms with Crippen molar-refractivity contribution in [3.8, 4) is 5.75 Å². The lowest BCUT2D eigenvalue weighted by Gasteiger charge is -2.10. The average molecular weight is 296 g/mol. The molecule has 0 saturated carbocycles. The summed E-state index contributed by atoms with van der Waals surface area (Å²) in [5, 5.41) is 15.7. The molecule has 1 amide bonds. The summed E-state index contributed by atoms with van der Waals surface area (Å²) in [6.07, 6.45) is 1.50. The van der Waals surface area contributed by atoms with Gasteiger partial charge in [-0.1, -0.05) is 23.7 Å². The highest BCUT2D eigenvalue weighted by molar-refractivity contribution is 6.32. The Labute approximate surface area is 120 Å². The Hall–Kier alpha value is -2.05. The zero-order chi connectivity index (χ0) is 14.4. The van der Waals surface area contributed by atoms with Gasteiger partial charge in [0.2, 0.25) is 0 Å². The molecule has 0 fully saturated rings. The fourth-order valence-corrected chi connectivity index (χ4v) is 1.77. The monoisotopic (exact) mass is 295 g/mol. The summed E-state index contributed by atoms with van der Waals surface area (Å²) in [6.45, 7) is 0.143. The first kappa shape index (κ1) is 14.4. The number of nitrogens with one attached hydrogen (secondary N) is 1. The Balaban J connectivity index is 2.02. The van der Waals surface area contributed by atoms with Crippen LogP contribution in [0.15, 0.2) is 36.5 Å². The zero-order valence-electron chi connectivity index (χ0n) is 10.6. The van der Waals surface area contributed by atoms with Gasteiger partial charge in [-0.3, -0.25) is 4.79 Å². The number of rotatable bonds is 6. The first-order chi connectivity index (χ1) is 9.72. The van der Waals surface area contributed by atoms with Crippen molar-refractivity contribution in [2.75, 3.05) is 13.2 Å². The Morgan fingerprint density at radius 2 is 2.20 bits per heavy atom. The zero-order valence-corrected chi connectivity index (χ0v) is 11.4. The van der Waals surface area contributed by atoms with E-state index in [0.29, 0.717) is 16.5 Å². The molecule has 2 N–H and O–H groups in total. The van der Waals surface area contributed by atoms with Gasteiger partial charge in [-0.05, 0) is 18.2 Å². The average Bonchev–Trinajstić information content (AvgIpc) is 2.92. The lowest BCUT2D eigenvalue weighted by molar-refractivity contribution is 0.0923. The minimum absolute atomic E-state index is 0.0681. The van der Waals surface area contributed by atoms with Gasteiger partial charge in [-0.25, -0.2) is 4.68 Å². The topological polar surface area (TPSA) is 76.4 Å². The van der Waals surface area contributed by atoms with Gasteiger partial charge in [-0.15, -0.1) is 0 Å². The molecule has 0 unspecified atom stereocenters. The number of para-hydroxylation sites is 1. The molecule has 6 nitrogen and oxygen atoms in total. The predicted octanol–water partition coefficient (Wildman–Crippen LogP) is 1.30. The van der Waals surface area contributed by atoms with E-state index in [9.17, 15) is 4.79 Å². The summed E-state index contributed by atoms with van der Waals surface area (Å²) in [4.78, 5) is 11.8. The number of halogens is 1. The predicted molar refractivity (Wildman–Crippen MR) is 73.7 cm³/mol. The Morgan fingerprint density at radius 1 is 1.40 bits per heavy atom. The molecule has 2 aromatic rings. The number of ether oxygens (including phenoxy) is 1. The standard InChI is InChI=1S/C13H14ClN3O3/c14-10-3-1-2-4-12(10)20-9-17-11(5-6-16-17)13(19)15-7-8-18/h1-6,18H,7-9H2,(H,15,19). The SMILES string of the molecule is O=C(NCCO)c1ccnn1COc1ccccc1Cl. The number of benzene rings is 1. The number of amides is 1. The van der Waals surface area contributed by atoms with Crippen molar-refractivity contribution in [2.24, 2.45) is 0 Å². The molecule has 0 saturated heterocycles. The van der Waals surface area contributed by atoms with Crippen LogP contribution in [0.2, 0.25) is 5.02 Å². The van der Waals surface area contributed by atoms with Crippen molar-refractivity contribution in [2.45, 2.75) is 6.73 Å². The van der Waals surface area contributed by atoms with Crippen LogP contribution >= 0.6 is 11.6 Å². The molecular formula is C13H14ClN3O3. The minimum atomic E-state index is -0.320. The number of aliphatic hydroxyl groups is 1. The number of aromatic nitrogens is 2. The third kappa shape index (κ3) is 3.49. The Kier molecular flexibility index (Phi) is 4.97. The largest absolute Gasteiger partial charge is 0.470 e. The summed E-state index contributed by atoms with van der Waals surface area (Å²) in [5.74, 6) is 0.200. The first-order valence-electron chi connectivity index (χ1n) is 6.00. The van der Waals surface area contributed by atoms with E-state index in [4.69, 9.17) is 21.4 Å². The van der Waals surface area contributed by atoms with Gasteiger partial charge in [0.15, 0.2) is 6.73 Å². The highest BCUT2D eigenvalue weighted by atomic mass is 35.5. The normalized spacial score (nSPS) is 10.3. The number of hydrogen-bond donors (Lipinski definition) is 2. The summed E-state index contributed by atoms with van der Waals surface area (Å²) in [7, 11) is 0. The van der Waals surface area contributed by atoms with Gasteiger partial charge in [0.05, 0.1) is 11.6 Å². The van der Waals surface area contributed by atoms with Gasteiger partial charge in [-0.2, -0.15) is 5.10 Å². The molecule has 1 heterocycles. The lowest BCUT2D eigenvalue weighted by atomic mass is 10.3. The highest BCUT2D eigenvalue weighted by Gasteiger charge is 2.12. The van der Waals surface area contributed by atoms with Crippen LogP contribution in [0.25, 0.3) is 0 Å². The maximum absolute atomic E-state index is 11.8. The van der Waals surface area contributed by atoms with Gasteiger partial charge >= 0.3 is 0 Å². The van der Waals surface area contributed by atoms with E-state index >= 15 is 0 Å². The molecule has 2 rings (SSSR count). The van der Waals surface area contributed by atoms with E-state index in [1.807, 2.05) is 0 Å². The van der Waals surface area contributed by atoms with E-state index in [-0.39, 0.29) is 25.8 Å². The Bertz CT molecular complexity index is 586. The maximum Gasteiger partial charge on any atom is 0.269 e. The second kappa shape index (κ2) is 6.93. The number of aliphatic hydroxyl groups excluding tert-OH is 1. The van der Waals surface area contributed by atoms with Crippen molar-refractivity contribution < 1.29 is 14.6 Å². The summed E-state index contributed by atoms with van der Waals surface area (Å²) in [6, 6.07) is 8.63. The third-order valence-electron chi connectivity index (χ3n) is 2.53. The molecule has 0 radical (unpaired) electrons. The van der Waals surface area contributed by atoms with Gasteiger partial charge in [0, 0.05) is 12.7 Å². The summed E-state index contributed by atoms with van der Waals surface area (Å²) in [5.41, 5.74) is 0.352. The molecule has 0 aliphatic carbocycles. The van der Waals surface area contributed by atoms with Crippen LogP contribution in [-0.4, -0.2) is 33.9 Å². The van der Waals surface area contributed by atoms with Gasteiger partial charge < -0.3 is 15.2 Å². The molecule has 106 valence electrons. The molecule has 0 atom stereocenters. The van der Waals surface area contributed by atoms with Gasteiger partial charge in [0.25, 0.3) is 5.91 Å². The van der Waals surface area contributed by atoms with Crippen LogP contribution in [0.1, 0.15) is 10.5 Å². The summed E-state index contributed by atoms with van der Waals surface area (Å²) < 4.78 is 6.93. The number of hydrogen-bond acceptors (Lipinski definition) is 4. The smallest absolute Gasteiger partial charge is 0.269 e. The summed E-state index contributed by atoms with van der Waals surface area (Å²) >= 11 is 5.97. The molecule has 0 aliphatic heterocycles.